The fourth-order valence-corrected chi connectivity index (χ4v) is 2.65. The van der Waals surface area contributed by atoms with Crippen molar-refractivity contribution in [2.24, 2.45) is 0 Å². The second-order valence-electron chi connectivity index (χ2n) is 5.08. The molecule has 1 aliphatic rings. The minimum Gasteiger partial charge on any atom is -0.398 e. The number of likely N-dealkylation sites (tertiary alicyclic amines) is 1. The summed E-state index contributed by atoms with van der Waals surface area (Å²) in [6, 6.07) is 5.17. The van der Waals surface area contributed by atoms with E-state index in [9.17, 15) is 4.79 Å². The number of rotatable bonds is 1. The maximum atomic E-state index is 12.5. The van der Waals surface area contributed by atoms with Crippen LogP contribution in [0.3, 0.4) is 0 Å². The number of halogens is 1. The van der Waals surface area contributed by atoms with Crippen molar-refractivity contribution in [2.75, 3.05) is 12.3 Å². The molecule has 1 saturated heterocycles. The van der Waals surface area contributed by atoms with Crippen molar-refractivity contribution >= 4 is 23.2 Å². The molecular formula is C13H17ClN2O. The summed E-state index contributed by atoms with van der Waals surface area (Å²) in [5, 5.41) is 0.428. The van der Waals surface area contributed by atoms with Gasteiger partial charge in [0, 0.05) is 17.8 Å². The Hall–Kier alpha value is -1.22. The molecule has 0 saturated carbocycles. The van der Waals surface area contributed by atoms with Gasteiger partial charge >= 0.3 is 0 Å². The van der Waals surface area contributed by atoms with Crippen LogP contribution in [0.5, 0.6) is 0 Å². The Balaban J connectivity index is 2.38. The van der Waals surface area contributed by atoms with Gasteiger partial charge in [0.15, 0.2) is 0 Å². The molecule has 0 aliphatic carbocycles. The van der Waals surface area contributed by atoms with Crippen LogP contribution >= 0.6 is 11.6 Å². The topological polar surface area (TPSA) is 46.3 Å². The summed E-state index contributed by atoms with van der Waals surface area (Å²) in [6.45, 7) is 4.92. The summed E-state index contributed by atoms with van der Waals surface area (Å²) >= 11 is 6.07. The van der Waals surface area contributed by atoms with Crippen LogP contribution in [0.15, 0.2) is 18.2 Å². The van der Waals surface area contributed by atoms with E-state index in [-0.39, 0.29) is 11.4 Å². The average molecular weight is 253 g/mol. The van der Waals surface area contributed by atoms with Crippen molar-refractivity contribution in [3.8, 4) is 0 Å². The van der Waals surface area contributed by atoms with Crippen molar-refractivity contribution in [1.82, 2.24) is 4.90 Å². The van der Waals surface area contributed by atoms with Crippen molar-refractivity contribution < 1.29 is 4.79 Å². The quantitative estimate of drug-likeness (QED) is 0.781. The summed E-state index contributed by atoms with van der Waals surface area (Å²) in [5.41, 5.74) is 6.62. The summed E-state index contributed by atoms with van der Waals surface area (Å²) in [4.78, 5) is 14.3. The molecule has 0 atom stereocenters. The second-order valence-corrected chi connectivity index (χ2v) is 5.48. The second kappa shape index (κ2) is 4.22. The lowest BCUT2D eigenvalue weighted by Crippen LogP contribution is -2.43. The van der Waals surface area contributed by atoms with Gasteiger partial charge in [-0.1, -0.05) is 17.7 Å². The molecule has 2 N–H and O–H groups in total. The first-order valence-electron chi connectivity index (χ1n) is 5.79. The van der Waals surface area contributed by atoms with E-state index >= 15 is 0 Å². The molecule has 0 radical (unpaired) electrons. The van der Waals surface area contributed by atoms with Gasteiger partial charge in [-0.05, 0) is 38.8 Å². The Morgan fingerprint density at radius 3 is 2.71 bits per heavy atom. The number of amides is 1. The molecule has 1 amide bonds. The van der Waals surface area contributed by atoms with Crippen molar-refractivity contribution in [2.45, 2.75) is 32.2 Å². The van der Waals surface area contributed by atoms with Gasteiger partial charge in [0.25, 0.3) is 5.91 Å². The van der Waals surface area contributed by atoms with E-state index in [2.05, 4.69) is 13.8 Å². The minimum absolute atomic E-state index is 0.0596. The number of nitrogen functional groups attached to an aromatic ring is 1. The molecule has 1 aromatic rings. The van der Waals surface area contributed by atoms with Crippen LogP contribution in [0.1, 0.15) is 37.0 Å². The lowest BCUT2D eigenvalue weighted by molar-refractivity contribution is 0.0653. The van der Waals surface area contributed by atoms with E-state index in [0.717, 1.165) is 19.4 Å². The third-order valence-electron chi connectivity index (χ3n) is 3.41. The Morgan fingerprint density at radius 1 is 1.47 bits per heavy atom. The van der Waals surface area contributed by atoms with Gasteiger partial charge in [-0.15, -0.1) is 0 Å². The van der Waals surface area contributed by atoms with Crippen molar-refractivity contribution in [3.05, 3.63) is 28.8 Å². The molecule has 0 aromatic heterocycles. The zero-order chi connectivity index (χ0) is 12.6. The van der Waals surface area contributed by atoms with Crippen LogP contribution in [0.25, 0.3) is 0 Å². The largest absolute Gasteiger partial charge is 0.398 e. The molecule has 1 heterocycles. The fourth-order valence-electron chi connectivity index (χ4n) is 2.39. The highest BCUT2D eigenvalue weighted by atomic mass is 35.5. The van der Waals surface area contributed by atoms with E-state index in [0.29, 0.717) is 16.3 Å². The smallest absolute Gasteiger partial charge is 0.257 e. The van der Waals surface area contributed by atoms with E-state index < -0.39 is 0 Å². The monoisotopic (exact) mass is 252 g/mol. The van der Waals surface area contributed by atoms with Gasteiger partial charge in [0.05, 0.1) is 10.6 Å². The van der Waals surface area contributed by atoms with E-state index in [4.69, 9.17) is 17.3 Å². The number of anilines is 1. The summed E-state index contributed by atoms with van der Waals surface area (Å²) < 4.78 is 0. The van der Waals surface area contributed by atoms with Crippen LogP contribution in [0, 0.1) is 0 Å². The number of carbonyl (C=O) groups excluding carboxylic acids is 1. The normalized spacial score (nSPS) is 18.4. The van der Waals surface area contributed by atoms with Crippen molar-refractivity contribution in [1.29, 1.82) is 0 Å². The number of hydrogen-bond donors (Lipinski definition) is 1. The van der Waals surface area contributed by atoms with Crippen LogP contribution in [-0.2, 0) is 0 Å². The standard InChI is InChI=1S/C13H17ClN2O/c1-13(2)7-4-8-16(13)12(17)11-9(14)5-3-6-10(11)15/h3,5-6H,4,7-8,15H2,1-2H3. The third-order valence-corrected chi connectivity index (χ3v) is 3.72. The molecule has 92 valence electrons. The number of carbonyl (C=O) groups is 1. The van der Waals surface area contributed by atoms with Gasteiger partial charge in [0.1, 0.15) is 0 Å². The van der Waals surface area contributed by atoms with E-state index in [1.54, 1.807) is 18.2 Å². The summed E-state index contributed by atoms with van der Waals surface area (Å²) in [5.74, 6) is -0.0596. The Labute approximate surface area is 107 Å². The van der Waals surface area contributed by atoms with Crippen LogP contribution in [-0.4, -0.2) is 22.9 Å². The average Bonchev–Trinajstić information content (AvgIpc) is 2.57. The minimum atomic E-state index is -0.108. The first kappa shape index (κ1) is 12.2. The van der Waals surface area contributed by atoms with Crippen LogP contribution in [0.2, 0.25) is 5.02 Å². The molecule has 1 aliphatic heterocycles. The predicted octanol–water partition coefficient (Wildman–Crippen LogP) is 2.94. The molecule has 0 spiro atoms. The van der Waals surface area contributed by atoms with E-state index in [1.165, 1.54) is 0 Å². The zero-order valence-electron chi connectivity index (χ0n) is 10.2. The third kappa shape index (κ3) is 2.12. The number of benzene rings is 1. The number of nitrogens with zero attached hydrogens (tertiary/aromatic N) is 1. The first-order valence-corrected chi connectivity index (χ1v) is 6.17. The fraction of sp³-hybridized carbons (Fsp3) is 0.462. The SMILES string of the molecule is CC1(C)CCCN1C(=O)c1c(N)cccc1Cl. The van der Waals surface area contributed by atoms with Gasteiger partial charge in [-0.3, -0.25) is 4.79 Å². The van der Waals surface area contributed by atoms with Crippen LogP contribution in [0.4, 0.5) is 5.69 Å². The lowest BCUT2D eigenvalue weighted by atomic mass is 10.0. The highest BCUT2D eigenvalue weighted by Gasteiger charge is 2.36. The summed E-state index contributed by atoms with van der Waals surface area (Å²) in [7, 11) is 0. The molecule has 2 rings (SSSR count). The van der Waals surface area contributed by atoms with E-state index in [1.807, 2.05) is 4.90 Å². The molecular weight excluding hydrogens is 236 g/mol. The van der Waals surface area contributed by atoms with Gasteiger partial charge < -0.3 is 10.6 Å². The molecule has 4 heteroatoms. The number of hydrogen-bond acceptors (Lipinski definition) is 2. The van der Waals surface area contributed by atoms with Crippen molar-refractivity contribution in [3.63, 3.8) is 0 Å². The Bertz CT molecular complexity index is 436. The van der Waals surface area contributed by atoms with Crippen LogP contribution < -0.4 is 5.73 Å². The summed E-state index contributed by atoms with van der Waals surface area (Å²) in [6.07, 6.45) is 2.05. The van der Waals surface area contributed by atoms with Gasteiger partial charge in [-0.25, -0.2) is 0 Å². The molecule has 0 bridgehead atoms. The Kier molecular flexibility index (Phi) is 3.04. The zero-order valence-corrected chi connectivity index (χ0v) is 10.9. The molecule has 1 aromatic carbocycles. The van der Waals surface area contributed by atoms with Gasteiger partial charge in [-0.2, -0.15) is 0 Å². The lowest BCUT2D eigenvalue weighted by Gasteiger charge is -2.32. The highest BCUT2D eigenvalue weighted by molar-refractivity contribution is 6.34. The van der Waals surface area contributed by atoms with Gasteiger partial charge in [0.2, 0.25) is 0 Å². The molecule has 1 fully saturated rings. The predicted molar refractivity (Wildman–Crippen MR) is 70.2 cm³/mol. The maximum Gasteiger partial charge on any atom is 0.257 e. The molecule has 17 heavy (non-hydrogen) atoms. The molecule has 3 nitrogen and oxygen atoms in total. The highest BCUT2D eigenvalue weighted by Crippen LogP contribution is 2.32. The molecule has 0 unspecified atom stereocenters. The number of nitrogens with two attached hydrogens (primary N) is 1. The maximum absolute atomic E-state index is 12.5. The Morgan fingerprint density at radius 2 is 2.18 bits per heavy atom. The first-order chi connectivity index (χ1) is 7.93.